The van der Waals surface area contributed by atoms with Crippen molar-refractivity contribution in [1.82, 2.24) is 14.9 Å². The summed E-state index contributed by atoms with van der Waals surface area (Å²) in [5.41, 5.74) is 7.29. The summed E-state index contributed by atoms with van der Waals surface area (Å²) in [5.74, 6) is 0. The van der Waals surface area contributed by atoms with Crippen LogP contribution in [0.25, 0.3) is 16.7 Å². The van der Waals surface area contributed by atoms with E-state index < -0.39 is 5.67 Å². The summed E-state index contributed by atoms with van der Waals surface area (Å²) in [6, 6.07) is 12.3. The number of hydrogen-bond acceptors (Lipinski definition) is 4. The van der Waals surface area contributed by atoms with Gasteiger partial charge in [0.15, 0.2) is 0 Å². The van der Waals surface area contributed by atoms with Crippen molar-refractivity contribution in [3.63, 3.8) is 0 Å². The second-order valence-electron chi connectivity index (χ2n) is 9.26. The van der Waals surface area contributed by atoms with Crippen LogP contribution in [0.5, 0.6) is 0 Å². The van der Waals surface area contributed by atoms with Gasteiger partial charge in [-0.05, 0) is 73.7 Å². The van der Waals surface area contributed by atoms with Gasteiger partial charge in [-0.3, -0.25) is 14.9 Å². The van der Waals surface area contributed by atoms with Crippen LogP contribution in [0.3, 0.4) is 0 Å². The van der Waals surface area contributed by atoms with Crippen LogP contribution in [0.2, 0.25) is 0 Å². The summed E-state index contributed by atoms with van der Waals surface area (Å²) in [5, 5.41) is 3.22. The Morgan fingerprint density at radius 2 is 1.91 bits per heavy atom. The quantitative estimate of drug-likeness (QED) is 0.417. The molecule has 2 aromatic heterocycles. The van der Waals surface area contributed by atoms with Gasteiger partial charge in [-0.15, -0.1) is 0 Å². The summed E-state index contributed by atoms with van der Waals surface area (Å²) < 4.78 is 14.1. The molecule has 1 saturated heterocycles. The van der Waals surface area contributed by atoms with Crippen molar-refractivity contribution in [1.29, 1.82) is 0 Å². The third-order valence-corrected chi connectivity index (χ3v) is 5.98. The number of aromatic nitrogens is 2. The molecule has 1 N–H and O–H groups in total. The number of anilines is 1. The largest absolute Gasteiger partial charge is 0.388 e. The van der Waals surface area contributed by atoms with Gasteiger partial charge in [0.1, 0.15) is 5.67 Å². The Bertz CT molecular complexity index is 1140. The first-order valence-electron chi connectivity index (χ1n) is 11.6. The third-order valence-electron chi connectivity index (χ3n) is 5.98. The zero-order valence-corrected chi connectivity index (χ0v) is 20.7. The summed E-state index contributed by atoms with van der Waals surface area (Å²) in [7, 11) is 1.90. The normalized spacial score (nSPS) is 17.6. The van der Waals surface area contributed by atoms with Gasteiger partial charge in [-0.2, -0.15) is 0 Å². The fourth-order valence-electron chi connectivity index (χ4n) is 4.01. The van der Waals surface area contributed by atoms with E-state index in [1.807, 2.05) is 51.6 Å². The number of benzene rings is 1. The van der Waals surface area contributed by atoms with Crippen LogP contribution in [0, 0.1) is 6.92 Å². The first-order valence-corrected chi connectivity index (χ1v) is 11.6. The Hall–Kier alpha value is -3.31. The molecule has 0 spiro atoms. The highest BCUT2D eigenvalue weighted by Gasteiger charge is 2.33. The number of allylic oxidation sites excluding steroid dienone is 2. The standard InChI is InChI=1S/C23H28FN3.C6H7N/c1-16(2)17(3)21-11-19(6-7-22(21)25-5)20-10-18(12-26-13-20)14-27-9-8-23(4,24)15-27;1-6-3-2-4-7-5-6/h6-7,10-13,25H,1,3,8-9,14-15H2,2,4-5H3;2-5H,1H3. The second kappa shape index (κ2) is 11.2. The van der Waals surface area contributed by atoms with Crippen molar-refractivity contribution in [3.8, 4) is 11.1 Å². The molecule has 1 atom stereocenters. The Morgan fingerprint density at radius 3 is 2.47 bits per heavy atom. The lowest BCUT2D eigenvalue weighted by molar-refractivity contribution is 0.186. The minimum atomic E-state index is -1.08. The highest BCUT2D eigenvalue weighted by atomic mass is 19.1. The molecule has 0 saturated carbocycles. The van der Waals surface area contributed by atoms with E-state index in [1.54, 1.807) is 13.1 Å². The molecule has 4 nitrogen and oxygen atoms in total. The maximum absolute atomic E-state index is 14.1. The molecular weight excluding hydrogens is 423 g/mol. The Labute approximate surface area is 203 Å². The van der Waals surface area contributed by atoms with Crippen LogP contribution in [-0.2, 0) is 6.54 Å². The molecule has 3 aromatic rings. The molecule has 4 rings (SSSR count). The highest BCUT2D eigenvalue weighted by Crippen LogP contribution is 2.32. The number of halogens is 1. The lowest BCUT2D eigenvalue weighted by Crippen LogP contribution is -2.25. The van der Waals surface area contributed by atoms with Gasteiger partial charge in [0.25, 0.3) is 0 Å². The molecule has 1 unspecified atom stereocenters. The number of nitrogens with zero attached hydrogens (tertiary/aromatic N) is 3. The molecule has 0 radical (unpaired) electrons. The average Bonchev–Trinajstić information content (AvgIpc) is 3.17. The number of aryl methyl sites for hydroxylation is 1. The van der Waals surface area contributed by atoms with Crippen LogP contribution in [-0.4, -0.2) is 40.7 Å². The van der Waals surface area contributed by atoms with Crippen molar-refractivity contribution in [2.45, 2.75) is 39.4 Å². The van der Waals surface area contributed by atoms with Gasteiger partial charge in [0.2, 0.25) is 0 Å². The fraction of sp³-hybridized carbons (Fsp3) is 0.310. The molecule has 3 heterocycles. The van der Waals surface area contributed by atoms with E-state index in [4.69, 9.17) is 0 Å². The Kier molecular flexibility index (Phi) is 8.35. The van der Waals surface area contributed by atoms with Crippen molar-refractivity contribution in [3.05, 3.63) is 96.6 Å². The van der Waals surface area contributed by atoms with Crippen molar-refractivity contribution >= 4 is 11.3 Å². The predicted octanol–water partition coefficient (Wildman–Crippen LogP) is 6.70. The van der Waals surface area contributed by atoms with Crippen LogP contribution < -0.4 is 5.32 Å². The van der Waals surface area contributed by atoms with E-state index in [-0.39, 0.29) is 0 Å². The minimum Gasteiger partial charge on any atom is -0.388 e. The van der Waals surface area contributed by atoms with Crippen LogP contribution in [0.15, 0.2) is 79.9 Å². The molecule has 1 aliphatic rings. The van der Waals surface area contributed by atoms with Gasteiger partial charge in [0.05, 0.1) is 0 Å². The molecule has 1 aliphatic heterocycles. The molecule has 0 bridgehead atoms. The highest BCUT2D eigenvalue weighted by molar-refractivity contribution is 5.86. The van der Waals surface area contributed by atoms with E-state index in [0.29, 0.717) is 13.0 Å². The number of likely N-dealkylation sites (tertiary alicyclic amines) is 1. The topological polar surface area (TPSA) is 41.1 Å². The SMILES string of the molecule is C=C(C)C(=C)c1cc(-c2cncc(CN3CCC(C)(F)C3)c2)ccc1NC.Cc1cccnc1. The van der Waals surface area contributed by atoms with Crippen LogP contribution >= 0.6 is 0 Å². The second-order valence-corrected chi connectivity index (χ2v) is 9.26. The zero-order valence-electron chi connectivity index (χ0n) is 20.7. The smallest absolute Gasteiger partial charge is 0.122 e. The Balaban J connectivity index is 0.000000396. The lowest BCUT2D eigenvalue weighted by atomic mass is 9.95. The monoisotopic (exact) mass is 458 g/mol. The summed E-state index contributed by atoms with van der Waals surface area (Å²) in [4.78, 5) is 10.5. The van der Waals surface area contributed by atoms with E-state index >= 15 is 0 Å². The van der Waals surface area contributed by atoms with Crippen molar-refractivity contribution < 1.29 is 4.39 Å². The van der Waals surface area contributed by atoms with Gasteiger partial charge < -0.3 is 5.32 Å². The Morgan fingerprint density at radius 1 is 1.12 bits per heavy atom. The van der Waals surface area contributed by atoms with Gasteiger partial charge in [-0.25, -0.2) is 4.39 Å². The van der Waals surface area contributed by atoms with Crippen LogP contribution in [0.1, 0.15) is 37.0 Å². The number of rotatable bonds is 6. The molecule has 0 aliphatic carbocycles. The number of hydrogen-bond donors (Lipinski definition) is 1. The van der Waals surface area contributed by atoms with Crippen molar-refractivity contribution in [2.75, 3.05) is 25.5 Å². The fourth-order valence-corrected chi connectivity index (χ4v) is 4.01. The summed E-state index contributed by atoms with van der Waals surface area (Å²) >= 11 is 0. The number of alkyl halides is 1. The lowest BCUT2D eigenvalue weighted by Gasteiger charge is -2.18. The predicted molar refractivity (Wildman–Crippen MR) is 141 cm³/mol. The maximum atomic E-state index is 14.1. The molecule has 0 amide bonds. The first kappa shape index (κ1) is 25.3. The molecular formula is C29H35FN4. The zero-order chi connectivity index (χ0) is 24.7. The maximum Gasteiger partial charge on any atom is 0.122 e. The van der Waals surface area contributed by atoms with Gasteiger partial charge in [0, 0.05) is 68.3 Å². The molecule has 1 aromatic carbocycles. The van der Waals surface area contributed by atoms with E-state index in [0.717, 1.165) is 52.2 Å². The van der Waals surface area contributed by atoms with E-state index in [9.17, 15) is 4.39 Å². The molecule has 34 heavy (non-hydrogen) atoms. The average molecular weight is 459 g/mol. The minimum absolute atomic E-state index is 0.483. The summed E-state index contributed by atoms with van der Waals surface area (Å²) in [6.45, 7) is 15.8. The number of pyridine rings is 2. The summed E-state index contributed by atoms with van der Waals surface area (Å²) in [6.07, 6.45) is 7.94. The van der Waals surface area contributed by atoms with E-state index in [2.05, 4.69) is 57.6 Å². The first-order chi connectivity index (χ1) is 16.2. The molecule has 1 fully saturated rings. The third kappa shape index (κ3) is 6.84. The van der Waals surface area contributed by atoms with Gasteiger partial charge in [-0.1, -0.05) is 30.9 Å². The molecule has 178 valence electrons. The number of nitrogens with one attached hydrogen (secondary N) is 1. The van der Waals surface area contributed by atoms with Gasteiger partial charge >= 0.3 is 0 Å². The van der Waals surface area contributed by atoms with E-state index in [1.165, 1.54) is 5.56 Å². The van der Waals surface area contributed by atoms with Crippen LogP contribution in [0.4, 0.5) is 10.1 Å². The van der Waals surface area contributed by atoms with Crippen molar-refractivity contribution in [2.24, 2.45) is 0 Å². The molecule has 5 heteroatoms.